The molecule has 1 aliphatic heterocycles. The SMILES string of the molecule is CC1CNCCC12CCC(C)(C)C2. The van der Waals surface area contributed by atoms with Gasteiger partial charge in [-0.15, -0.1) is 0 Å². The molecule has 13 heavy (non-hydrogen) atoms. The van der Waals surface area contributed by atoms with Crippen LogP contribution in [0.1, 0.15) is 46.5 Å². The molecular formula is C12H23N. The highest BCUT2D eigenvalue weighted by atomic mass is 14.9. The van der Waals surface area contributed by atoms with Crippen LogP contribution in [-0.2, 0) is 0 Å². The lowest BCUT2D eigenvalue weighted by Crippen LogP contribution is -2.42. The number of piperidine rings is 1. The van der Waals surface area contributed by atoms with E-state index < -0.39 is 0 Å². The molecule has 1 heterocycles. The summed E-state index contributed by atoms with van der Waals surface area (Å²) in [6, 6.07) is 0. The van der Waals surface area contributed by atoms with E-state index in [1.807, 2.05) is 0 Å². The third-order valence-corrected chi connectivity index (χ3v) is 4.43. The van der Waals surface area contributed by atoms with E-state index in [4.69, 9.17) is 0 Å². The molecule has 2 rings (SSSR count). The fourth-order valence-corrected chi connectivity index (χ4v) is 3.47. The van der Waals surface area contributed by atoms with Crippen molar-refractivity contribution in [2.45, 2.75) is 46.5 Å². The van der Waals surface area contributed by atoms with Gasteiger partial charge in [-0.2, -0.15) is 0 Å². The molecule has 1 aliphatic carbocycles. The van der Waals surface area contributed by atoms with Crippen LogP contribution in [0.4, 0.5) is 0 Å². The Labute approximate surface area is 82.3 Å². The molecule has 0 aromatic carbocycles. The van der Waals surface area contributed by atoms with Gasteiger partial charge in [-0.05, 0) is 55.5 Å². The molecule has 2 atom stereocenters. The summed E-state index contributed by atoms with van der Waals surface area (Å²) in [5.41, 5.74) is 1.32. The van der Waals surface area contributed by atoms with Gasteiger partial charge in [0, 0.05) is 0 Å². The third-order valence-electron chi connectivity index (χ3n) is 4.43. The third kappa shape index (κ3) is 1.63. The monoisotopic (exact) mass is 181 g/mol. The van der Waals surface area contributed by atoms with Crippen LogP contribution >= 0.6 is 0 Å². The van der Waals surface area contributed by atoms with Crippen LogP contribution in [0.3, 0.4) is 0 Å². The van der Waals surface area contributed by atoms with E-state index in [-0.39, 0.29) is 0 Å². The van der Waals surface area contributed by atoms with Crippen molar-refractivity contribution in [3.05, 3.63) is 0 Å². The van der Waals surface area contributed by atoms with E-state index in [0.29, 0.717) is 10.8 Å². The second-order valence-corrected chi connectivity index (χ2v) is 6.06. The minimum absolute atomic E-state index is 0.617. The van der Waals surface area contributed by atoms with Crippen LogP contribution in [0, 0.1) is 16.7 Å². The summed E-state index contributed by atoms with van der Waals surface area (Å²) < 4.78 is 0. The van der Waals surface area contributed by atoms with Crippen LogP contribution in [0.15, 0.2) is 0 Å². The number of hydrogen-bond donors (Lipinski definition) is 1. The Kier molecular flexibility index (Phi) is 2.18. The maximum absolute atomic E-state index is 3.51. The summed E-state index contributed by atoms with van der Waals surface area (Å²) in [5, 5.41) is 3.51. The quantitative estimate of drug-likeness (QED) is 0.606. The zero-order valence-corrected chi connectivity index (χ0v) is 9.32. The van der Waals surface area contributed by atoms with Gasteiger partial charge in [0.05, 0.1) is 0 Å². The van der Waals surface area contributed by atoms with Crippen molar-refractivity contribution < 1.29 is 0 Å². The maximum Gasteiger partial charge on any atom is -0.00178 e. The molecule has 1 heteroatoms. The fraction of sp³-hybridized carbons (Fsp3) is 1.00. The molecule has 0 aromatic heterocycles. The molecule has 2 aliphatic rings. The zero-order chi connectivity index (χ0) is 9.53. The summed E-state index contributed by atoms with van der Waals surface area (Å²) in [4.78, 5) is 0. The molecule has 0 amide bonds. The minimum Gasteiger partial charge on any atom is -0.316 e. The fourth-order valence-electron chi connectivity index (χ4n) is 3.47. The molecule has 1 saturated heterocycles. The molecular weight excluding hydrogens is 158 g/mol. The Morgan fingerprint density at radius 1 is 1.15 bits per heavy atom. The summed E-state index contributed by atoms with van der Waals surface area (Å²) >= 11 is 0. The standard InChI is InChI=1S/C12H23N/c1-10-8-13-7-6-12(10)5-4-11(2,3)9-12/h10,13H,4-9H2,1-3H3. The first-order valence-electron chi connectivity index (χ1n) is 5.75. The highest BCUT2D eigenvalue weighted by Crippen LogP contribution is 2.55. The summed E-state index contributed by atoms with van der Waals surface area (Å²) in [6.07, 6.45) is 5.79. The second kappa shape index (κ2) is 2.98. The predicted molar refractivity (Wildman–Crippen MR) is 56.7 cm³/mol. The largest absolute Gasteiger partial charge is 0.316 e. The van der Waals surface area contributed by atoms with E-state index in [0.717, 1.165) is 5.92 Å². The molecule has 2 unspecified atom stereocenters. The molecule has 1 nitrogen and oxygen atoms in total. The highest BCUT2D eigenvalue weighted by Gasteiger charge is 2.46. The first kappa shape index (κ1) is 9.51. The maximum atomic E-state index is 3.51. The van der Waals surface area contributed by atoms with Crippen LogP contribution in [0.5, 0.6) is 0 Å². The van der Waals surface area contributed by atoms with Gasteiger partial charge in [0.25, 0.3) is 0 Å². The van der Waals surface area contributed by atoms with Crippen molar-refractivity contribution in [2.24, 2.45) is 16.7 Å². The normalized spacial score (nSPS) is 44.1. The lowest BCUT2D eigenvalue weighted by atomic mass is 9.68. The Hall–Kier alpha value is -0.0400. The van der Waals surface area contributed by atoms with Gasteiger partial charge >= 0.3 is 0 Å². The minimum atomic E-state index is 0.617. The van der Waals surface area contributed by atoms with Crippen molar-refractivity contribution >= 4 is 0 Å². The Morgan fingerprint density at radius 3 is 2.46 bits per heavy atom. The Morgan fingerprint density at radius 2 is 1.92 bits per heavy atom. The van der Waals surface area contributed by atoms with E-state index in [9.17, 15) is 0 Å². The van der Waals surface area contributed by atoms with Gasteiger partial charge in [-0.3, -0.25) is 0 Å². The average Bonchev–Trinajstić information content (AvgIpc) is 2.35. The van der Waals surface area contributed by atoms with Crippen LogP contribution in [0.2, 0.25) is 0 Å². The van der Waals surface area contributed by atoms with Crippen molar-refractivity contribution in [3.8, 4) is 0 Å². The molecule has 1 spiro atoms. The molecule has 1 N–H and O–H groups in total. The van der Waals surface area contributed by atoms with Crippen LogP contribution < -0.4 is 5.32 Å². The smallest absolute Gasteiger partial charge is 0.00178 e. The first-order chi connectivity index (χ1) is 6.04. The Balaban J connectivity index is 2.12. The van der Waals surface area contributed by atoms with Gasteiger partial charge in [-0.25, -0.2) is 0 Å². The van der Waals surface area contributed by atoms with Gasteiger partial charge in [0.15, 0.2) is 0 Å². The van der Waals surface area contributed by atoms with Crippen LogP contribution in [0.25, 0.3) is 0 Å². The van der Waals surface area contributed by atoms with Crippen molar-refractivity contribution in [1.29, 1.82) is 0 Å². The summed E-state index contributed by atoms with van der Waals surface area (Å²) in [6.45, 7) is 9.82. The molecule has 0 bridgehead atoms. The molecule has 1 saturated carbocycles. The lowest BCUT2D eigenvalue weighted by molar-refractivity contribution is 0.113. The van der Waals surface area contributed by atoms with Crippen LogP contribution in [-0.4, -0.2) is 13.1 Å². The molecule has 2 fully saturated rings. The number of hydrogen-bond acceptors (Lipinski definition) is 1. The van der Waals surface area contributed by atoms with Gasteiger partial charge in [0.2, 0.25) is 0 Å². The van der Waals surface area contributed by atoms with Gasteiger partial charge in [0.1, 0.15) is 0 Å². The second-order valence-electron chi connectivity index (χ2n) is 6.06. The first-order valence-corrected chi connectivity index (χ1v) is 5.75. The van der Waals surface area contributed by atoms with Crippen molar-refractivity contribution in [2.75, 3.05) is 13.1 Å². The van der Waals surface area contributed by atoms with E-state index in [1.54, 1.807) is 0 Å². The number of nitrogens with one attached hydrogen (secondary N) is 1. The molecule has 76 valence electrons. The van der Waals surface area contributed by atoms with Crippen molar-refractivity contribution in [3.63, 3.8) is 0 Å². The predicted octanol–water partition coefficient (Wildman–Crippen LogP) is 2.81. The van der Waals surface area contributed by atoms with E-state index >= 15 is 0 Å². The average molecular weight is 181 g/mol. The van der Waals surface area contributed by atoms with Gasteiger partial charge in [-0.1, -0.05) is 20.8 Å². The highest BCUT2D eigenvalue weighted by molar-refractivity contribution is 4.98. The summed E-state index contributed by atoms with van der Waals surface area (Å²) in [5.74, 6) is 0.892. The Bertz CT molecular complexity index is 197. The van der Waals surface area contributed by atoms with E-state index in [2.05, 4.69) is 26.1 Å². The molecule has 0 aromatic rings. The number of rotatable bonds is 0. The molecule has 0 radical (unpaired) electrons. The van der Waals surface area contributed by atoms with Gasteiger partial charge < -0.3 is 5.32 Å². The van der Waals surface area contributed by atoms with Crippen molar-refractivity contribution in [1.82, 2.24) is 5.32 Å². The summed E-state index contributed by atoms with van der Waals surface area (Å²) in [7, 11) is 0. The van der Waals surface area contributed by atoms with E-state index in [1.165, 1.54) is 38.8 Å². The topological polar surface area (TPSA) is 12.0 Å². The lowest BCUT2D eigenvalue weighted by Gasteiger charge is -2.41. The zero-order valence-electron chi connectivity index (χ0n) is 9.32.